The second-order valence-corrected chi connectivity index (χ2v) is 8.27. The largest absolute Gasteiger partial charge is 0.206 e. The highest BCUT2D eigenvalue weighted by atomic mass is 35.5. The maximum atomic E-state index is 15.0. The van der Waals surface area contributed by atoms with Crippen LogP contribution >= 0.6 is 23.2 Å². The van der Waals surface area contributed by atoms with Gasteiger partial charge in [0.05, 0.1) is 0 Å². The van der Waals surface area contributed by atoms with Crippen molar-refractivity contribution in [3.8, 4) is 0 Å². The molecule has 0 spiro atoms. The van der Waals surface area contributed by atoms with Crippen molar-refractivity contribution in [2.45, 2.75) is 0 Å². The summed E-state index contributed by atoms with van der Waals surface area (Å²) >= 11 is 12.7. The van der Waals surface area contributed by atoms with Gasteiger partial charge in [0, 0.05) is 42.4 Å². The van der Waals surface area contributed by atoms with Crippen LogP contribution in [0, 0.1) is 11.6 Å². The summed E-state index contributed by atoms with van der Waals surface area (Å²) in [5, 5.41) is 8.28. The molecule has 6 aromatic carbocycles. The van der Waals surface area contributed by atoms with E-state index in [2.05, 4.69) is 0 Å². The van der Waals surface area contributed by atoms with E-state index in [0.29, 0.717) is 31.6 Å². The Morgan fingerprint density at radius 3 is 1.17 bits per heavy atom. The normalized spacial score (nSPS) is 12.0. The molecule has 0 bridgehead atoms. The van der Waals surface area contributed by atoms with E-state index in [9.17, 15) is 8.78 Å². The molecule has 0 saturated heterocycles. The molecule has 6 aromatic rings. The fraction of sp³-hybridized carbons (Fsp3) is 0. The predicted molar refractivity (Wildman–Crippen MR) is 124 cm³/mol. The van der Waals surface area contributed by atoms with Crippen LogP contribution in [-0.4, -0.2) is 0 Å². The van der Waals surface area contributed by atoms with Crippen molar-refractivity contribution in [1.29, 1.82) is 0 Å². The Morgan fingerprint density at radius 1 is 0.400 bits per heavy atom. The van der Waals surface area contributed by atoms with Crippen LogP contribution in [0.2, 0.25) is 10.0 Å². The summed E-state index contributed by atoms with van der Waals surface area (Å²) in [6.45, 7) is 0. The van der Waals surface area contributed by atoms with E-state index >= 15 is 0 Å². The van der Waals surface area contributed by atoms with Gasteiger partial charge in [-0.05, 0) is 45.8 Å². The highest BCUT2D eigenvalue weighted by Crippen LogP contribution is 2.41. The van der Waals surface area contributed by atoms with Gasteiger partial charge in [-0.15, -0.1) is 0 Å². The summed E-state index contributed by atoms with van der Waals surface area (Å²) in [4.78, 5) is 0. The Balaban J connectivity index is 1.95. The van der Waals surface area contributed by atoms with Crippen molar-refractivity contribution in [3.63, 3.8) is 0 Å². The zero-order chi connectivity index (χ0) is 20.6. The molecule has 0 heterocycles. The van der Waals surface area contributed by atoms with Crippen LogP contribution in [0.1, 0.15) is 0 Å². The van der Waals surface area contributed by atoms with Gasteiger partial charge in [0.25, 0.3) is 0 Å². The van der Waals surface area contributed by atoms with Gasteiger partial charge in [0.1, 0.15) is 11.6 Å². The fourth-order valence-corrected chi connectivity index (χ4v) is 5.03. The van der Waals surface area contributed by atoms with Crippen molar-refractivity contribution in [2.75, 3.05) is 0 Å². The maximum Gasteiger partial charge on any atom is 0.131 e. The number of rotatable bonds is 0. The van der Waals surface area contributed by atoms with E-state index in [4.69, 9.17) is 23.2 Å². The molecule has 30 heavy (non-hydrogen) atoms. The van der Waals surface area contributed by atoms with Crippen LogP contribution < -0.4 is 0 Å². The first kappa shape index (κ1) is 17.9. The zero-order valence-corrected chi connectivity index (χ0v) is 17.0. The third kappa shape index (κ3) is 2.32. The number of halogens is 4. The van der Waals surface area contributed by atoms with E-state index in [1.165, 1.54) is 12.1 Å². The van der Waals surface area contributed by atoms with Gasteiger partial charge in [0.2, 0.25) is 0 Å². The average molecular weight is 433 g/mol. The molecule has 0 fully saturated rings. The van der Waals surface area contributed by atoms with Crippen LogP contribution in [0.5, 0.6) is 0 Å². The minimum absolute atomic E-state index is 0.334. The highest BCUT2D eigenvalue weighted by molar-refractivity contribution is 6.39. The number of hydrogen-bond donors (Lipinski definition) is 0. The van der Waals surface area contributed by atoms with Crippen molar-refractivity contribution in [3.05, 3.63) is 94.5 Å². The summed E-state index contributed by atoms with van der Waals surface area (Å²) in [5.74, 6) is -0.667. The lowest BCUT2D eigenvalue weighted by molar-refractivity contribution is 0.640. The second kappa shape index (κ2) is 6.28. The first-order valence-electron chi connectivity index (χ1n) is 9.47. The van der Waals surface area contributed by atoms with E-state index in [0.717, 1.165) is 32.3 Å². The molecule has 0 amide bonds. The minimum Gasteiger partial charge on any atom is -0.206 e. The molecular formula is C26H12Cl2F2. The number of benzene rings is 6. The zero-order valence-electron chi connectivity index (χ0n) is 15.4. The smallest absolute Gasteiger partial charge is 0.131 e. The van der Waals surface area contributed by atoms with Crippen LogP contribution in [0.4, 0.5) is 8.78 Å². The van der Waals surface area contributed by atoms with E-state index < -0.39 is 0 Å². The Hall–Kier alpha value is -2.94. The molecular weight excluding hydrogens is 421 g/mol. The first-order chi connectivity index (χ1) is 14.5. The minimum atomic E-state index is -0.334. The SMILES string of the molecule is Fc1ccc(Cl)c2ccc3ccc4c(ccc5ccc6c(Cl)ccc(F)c6c54)c3c12. The van der Waals surface area contributed by atoms with Crippen LogP contribution in [0.3, 0.4) is 0 Å². The number of fused-ring (bicyclic) bond motifs is 9. The Bertz CT molecular complexity index is 1560. The van der Waals surface area contributed by atoms with Gasteiger partial charge < -0.3 is 0 Å². The third-order valence-corrected chi connectivity index (χ3v) is 6.57. The van der Waals surface area contributed by atoms with Gasteiger partial charge in [-0.1, -0.05) is 71.7 Å². The predicted octanol–water partition coefficient (Wildman–Crippen LogP) is 9.04. The van der Waals surface area contributed by atoms with Gasteiger partial charge >= 0.3 is 0 Å². The van der Waals surface area contributed by atoms with Crippen LogP contribution in [0.15, 0.2) is 72.8 Å². The quantitative estimate of drug-likeness (QED) is 0.210. The fourth-order valence-electron chi connectivity index (χ4n) is 4.59. The molecule has 4 heteroatoms. The molecule has 0 saturated carbocycles. The molecule has 0 N–H and O–H groups in total. The molecule has 0 aromatic heterocycles. The Labute approximate surface area is 180 Å². The van der Waals surface area contributed by atoms with Crippen molar-refractivity contribution >= 4 is 77.1 Å². The molecule has 0 aliphatic heterocycles. The molecule has 0 radical (unpaired) electrons. The summed E-state index contributed by atoms with van der Waals surface area (Å²) in [7, 11) is 0. The van der Waals surface area contributed by atoms with Gasteiger partial charge in [0.15, 0.2) is 0 Å². The molecule has 144 valence electrons. The summed E-state index contributed by atoms with van der Waals surface area (Å²) in [6.07, 6.45) is 0. The molecule has 0 unspecified atom stereocenters. The Morgan fingerprint density at radius 2 is 0.767 bits per heavy atom. The summed E-state index contributed by atoms with van der Waals surface area (Å²) < 4.78 is 29.9. The topological polar surface area (TPSA) is 0 Å². The standard InChI is InChI=1S/C26H12Cl2F2/c27-19-9-11-21(29)25-17(19)7-3-13-1-5-15-16(23(13)25)6-2-14-4-8-18-20(28)10-12-22(30)26(18)24(14)15/h1-12H. The molecule has 6 rings (SSSR count). The van der Waals surface area contributed by atoms with Crippen molar-refractivity contribution in [2.24, 2.45) is 0 Å². The molecule has 0 nitrogen and oxygen atoms in total. The van der Waals surface area contributed by atoms with E-state index in [1.54, 1.807) is 12.1 Å². The second-order valence-electron chi connectivity index (χ2n) is 7.46. The summed E-state index contributed by atoms with van der Waals surface area (Å²) in [5.41, 5.74) is 0. The lowest BCUT2D eigenvalue weighted by Crippen LogP contribution is -1.89. The van der Waals surface area contributed by atoms with E-state index in [1.807, 2.05) is 48.5 Å². The first-order valence-corrected chi connectivity index (χ1v) is 10.2. The van der Waals surface area contributed by atoms with Crippen molar-refractivity contribution < 1.29 is 8.78 Å². The van der Waals surface area contributed by atoms with Crippen LogP contribution in [0.25, 0.3) is 53.9 Å². The highest BCUT2D eigenvalue weighted by Gasteiger charge is 2.15. The summed E-state index contributed by atoms with van der Waals surface area (Å²) in [6, 6.07) is 21.3. The third-order valence-electron chi connectivity index (χ3n) is 5.91. The lowest BCUT2D eigenvalue weighted by atomic mass is 9.91. The molecule has 0 aliphatic carbocycles. The van der Waals surface area contributed by atoms with Gasteiger partial charge in [-0.3, -0.25) is 0 Å². The molecule has 0 aliphatic rings. The molecule has 0 atom stereocenters. The van der Waals surface area contributed by atoms with Gasteiger partial charge in [-0.25, -0.2) is 8.78 Å². The van der Waals surface area contributed by atoms with Crippen molar-refractivity contribution in [1.82, 2.24) is 0 Å². The van der Waals surface area contributed by atoms with Crippen LogP contribution in [-0.2, 0) is 0 Å². The monoisotopic (exact) mass is 432 g/mol. The average Bonchev–Trinajstić information content (AvgIpc) is 2.77. The number of hydrogen-bond acceptors (Lipinski definition) is 0. The lowest BCUT2D eigenvalue weighted by Gasteiger charge is -2.14. The van der Waals surface area contributed by atoms with E-state index in [-0.39, 0.29) is 11.6 Å². The Kier molecular flexibility index (Phi) is 3.74. The van der Waals surface area contributed by atoms with Gasteiger partial charge in [-0.2, -0.15) is 0 Å². The maximum absolute atomic E-state index is 15.0.